The van der Waals surface area contributed by atoms with Crippen molar-refractivity contribution in [2.45, 2.75) is 26.3 Å². The lowest BCUT2D eigenvalue weighted by molar-refractivity contribution is -0.121. The number of amides is 1. The molecule has 1 aromatic heterocycles. The molecule has 1 heterocycles. The van der Waals surface area contributed by atoms with Gasteiger partial charge in [-0.25, -0.2) is 9.48 Å². The van der Waals surface area contributed by atoms with Gasteiger partial charge in [0.15, 0.2) is 5.69 Å². The Morgan fingerprint density at radius 1 is 1.44 bits per heavy atom. The van der Waals surface area contributed by atoms with Crippen LogP contribution < -0.4 is 5.32 Å². The maximum absolute atomic E-state index is 11.6. The maximum atomic E-state index is 11.6. The molecule has 1 N–H and O–H groups in total. The normalized spacial score (nSPS) is 10.2. The number of hydrogen-bond donors (Lipinski definition) is 1. The molecule has 0 fully saturated rings. The van der Waals surface area contributed by atoms with E-state index in [1.165, 1.54) is 4.68 Å². The topological polar surface area (TPSA) is 86.1 Å². The van der Waals surface area contributed by atoms with E-state index in [0.29, 0.717) is 12.2 Å². The number of ether oxygens (including phenoxy) is 1. The summed E-state index contributed by atoms with van der Waals surface area (Å²) in [5.41, 5.74) is 0.428. The molecule has 0 atom stereocenters. The Labute approximate surface area is 109 Å². The summed E-state index contributed by atoms with van der Waals surface area (Å²) < 4.78 is 6.12. The highest BCUT2D eigenvalue weighted by Gasteiger charge is 2.21. The summed E-state index contributed by atoms with van der Waals surface area (Å²) in [5.74, 6) is -0.778. The van der Waals surface area contributed by atoms with Gasteiger partial charge in [0.1, 0.15) is 6.54 Å². The molecular formula is C10H15ClN4O3. The zero-order valence-electron chi connectivity index (χ0n) is 10.3. The molecule has 0 saturated carbocycles. The van der Waals surface area contributed by atoms with Crippen LogP contribution in [-0.4, -0.2) is 40.0 Å². The number of rotatable bonds is 6. The van der Waals surface area contributed by atoms with E-state index < -0.39 is 5.97 Å². The number of aromatic nitrogens is 3. The fourth-order valence-electron chi connectivity index (χ4n) is 1.34. The predicted molar refractivity (Wildman–Crippen MR) is 64.2 cm³/mol. The van der Waals surface area contributed by atoms with Crippen molar-refractivity contribution in [1.82, 2.24) is 20.3 Å². The van der Waals surface area contributed by atoms with Crippen LogP contribution in [0.3, 0.4) is 0 Å². The Morgan fingerprint density at radius 3 is 2.72 bits per heavy atom. The van der Waals surface area contributed by atoms with Crippen molar-refractivity contribution in [1.29, 1.82) is 0 Å². The van der Waals surface area contributed by atoms with Gasteiger partial charge in [0, 0.05) is 6.54 Å². The molecule has 1 aromatic rings. The third kappa shape index (κ3) is 3.43. The largest absolute Gasteiger partial charge is 0.461 e. The lowest BCUT2D eigenvalue weighted by Gasteiger charge is -2.05. The molecule has 100 valence electrons. The van der Waals surface area contributed by atoms with E-state index >= 15 is 0 Å². The van der Waals surface area contributed by atoms with Gasteiger partial charge in [0.05, 0.1) is 18.2 Å². The van der Waals surface area contributed by atoms with Crippen LogP contribution in [0.15, 0.2) is 0 Å². The van der Waals surface area contributed by atoms with E-state index in [1.54, 1.807) is 6.92 Å². The smallest absolute Gasteiger partial charge is 0.360 e. The molecule has 0 aliphatic heterocycles. The van der Waals surface area contributed by atoms with E-state index in [9.17, 15) is 9.59 Å². The summed E-state index contributed by atoms with van der Waals surface area (Å²) in [7, 11) is 0. The minimum Gasteiger partial charge on any atom is -0.461 e. The maximum Gasteiger partial charge on any atom is 0.360 e. The highest BCUT2D eigenvalue weighted by molar-refractivity contribution is 6.17. The van der Waals surface area contributed by atoms with E-state index in [-0.39, 0.29) is 30.6 Å². The molecule has 0 aromatic carbocycles. The summed E-state index contributed by atoms with van der Waals surface area (Å²) in [6.07, 6.45) is 0. The van der Waals surface area contributed by atoms with E-state index in [1.807, 2.05) is 6.92 Å². The van der Waals surface area contributed by atoms with Gasteiger partial charge in [-0.15, -0.1) is 16.7 Å². The third-order valence-corrected chi connectivity index (χ3v) is 2.35. The van der Waals surface area contributed by atoms with Gasteiger partial charge in [-0.05, 0) is 13.8 Å². The zero-order valence-corrected chi connectivity index (χ0v) is 11.0. The highest BCUT2D eigenvalue weighted by Crippen LogP contribution is 2.10. The summed E-state index contributed by atoms with van der Waals surface area (Å²) in [5, 5.41) is 10.0. The van der Waals surface area contributed by atoms with Gasteiger partial charge in [-0.2, -0.15) is 0 Å². The van der Waals surface area contributed by atoms with Crippen molar-refractivity contribution < 1.29 is 14.3 Å². The highest BCUT2D eigenvalue weighted by atomic mass is 35.5. The molecule has 1 amide bonds. The Bertz CT molecular complexity index is 433. The number of hydrogen-bond acceptors (Lipinski definition) is 5. The molecular weight excluding hydrogens is 260 g/mol. The first kappa shape index (κ1) is 14.4. The second kappa shape index (κ2) is 6.95. The van der Waals surface area contributed by atoms with Crippen molar-refractivity contribution in [3.05, 3.63) is 11.4 Å². The predicted octanol–water partition coefficient (Wildman–Crippen LogP) is 0.330. The molecule has 0 saturated heterocycles. The summed E-state index contributed by atoms with van der Waals surface area (Å²) in [4.78, 5) is 23.0. The molecule has 8 heteroatoms. The first-order valence-corrected chi connectivity index (χ1v) is 6.09. The van der Waals surface area contributed by atoms with E-state index in [4.69, 9.17) is 16.3 Å². The first-order valence-electron chi connectivity index (χ1n) is 5.56. The van der Waals surface area contributed by atoms with Gasteiger partial charge in [0.2, 0.25) is 5.91 Å². The first-order chi connectivity index (χ1) is 8.63. The molecule has 0 spiro atoms. The van der Waals surface area contributed by atoms with Crippen molar-refractivity contribution in [3.8, 4) is 0 Å². The quantitative estimate of drug-likeness (QED) is 0.597. The van der Waals surface area contributed by atoms with Crippen LogP contribution in [0, 0.1) is 0 Å². The summed E-state index contributed by atoms with van der Waals surface area (Å²) >= 11 is 5.74. The van der Waals surface area contributed by atoms with Gasteiger partial charge < -0.3 is 10.1 Å². The van der Waals surface area contributed by atoms with Crippen LogP contribution in [0.25, 0.3) is 0 Å². The van der Waals surface area contributed by atoms with E-state index in [2.05, 4.69) is 15.6 Å². The lowest BCUT2D eigenvalue weighted by atomic mass is 10.3. The number of halogens is 1. The fourth-order valence-corrected chi connectivity index (χ4v) is 1.60. The molecule has 0 aliphatic carbocycles. The monoisotopic (exact) mass is 274 g/mol. The Hall–Kier alpha value is -1.63. The van der Waals surface area contributed by atoms with Crippen LogP contribution >= 0.6 is 11.6 Å². The molecule has 18 heavy (non-hydrogen) atoms. The number of esters is 1. The van der Waals surface area contributed by atoms with Crippen LogP contribution in [0.1, 0.15) is 30.0 Å². The molecule has 0 aliphatic rings. The Balaban J connectivity index is 2.87. The number of carbonyl (C=O) groups is 2. The van der Waals surface area contributed by atoms with Gasteiger partial charge in [-0.1, -0.05) is 5.21 Å². The van der Waals surface area contributed by atoms with Crippen molar-refractivity contribution in [2.24, 2.45) is 0 Å². The molecule has 7 nitrogen and oxygen atoms in total. The average molecular weight is 275 g/mol. The third-order valence-electron chi connectivity index (χ3n) is 2.10. The number of nitrogens with one attached hydrogen (secondary N) is 1. The van der Waals surface area contributed by atoms with E-state index in [0.717, 1.165) is 0 Å². The molecule has 0 bridgehead atoms. The number of carbonyl (C=O) groups excluding carboxylic acids is 2. The Morgan fingerprint density at radius 2 is 2.17 bits per heavy atom. The Kier molecular flexibility index (Phi) is 5.57. The summed E-state index contributed by atoms with van der Waals surface area (Å²) in [6, 6.07) is 0. The standard InChI is InChI=1S/C10H15ClN4O3/c1-3-12-8(16)6-15-7(5-11)9(13-14-15)10(17)18-4-2/h3-6H2,1-2H3,(H,12,16). The second-order valence-corrected chi connectivity index (χ2v) is 3.62. The number of alkyl halides is 1. The van der Waals surface area contributed by atoms with Crippen molar-refractivity contribution in [2.75, 3.05) is 13.2 Å². The average Bonchev–Trinajstić information content (AvgIpc) is 2.72. The van der Waals surface area contributed by atoms with Crippen LogP contribution in [0.4, 0.5) is 0 Å². The van der Waals surface area contributed by atoms with Gasteiger partial charge in [-0.3, -0.25) is 4.79 Å². The minimum atomic E-state index is -0.588. The summed E-state index contributed by atoms with van der Waals surface area (Å²) in [6.45, 7) is 4.24. The van der Waals surface area contributed by atoms with Crippen LogP contribution in [-0.2, 0) is 22.0 Å². The molecule has 0 unspecified atom stereocenters. The van der Waals surface area contributed by atoms with Gasteiger partial charge in [0.25, 0.3) is 0 Å². The molecule has 0 radical (unpaired) electrons. The fraction of sp³-hybridized carbons (Fsp3) is 0.600. The molecule has 1 rings (SSSR count). The minimum absolute atomic E-state index is 0.0255. The van der Waals surface area contributed by atoms with Crippen LogP contribution in [0.5, 0.6) is 0 Å². The second-order valence-electron chi connectivity index (χ2n) is 3.35. The van der Waals surface area contributed by atoms with Crippen molar-refractivity contribution >= 4 is 23.5 Å². The number of nitrogens with zero attached hydrogens (tertiary/aromatic N) is 3. The SMILES string of the molecule is CCNC(=O)Cn1nnc(C(=O)OCC)c1CCl. The number of likely N-dealkylation sites (N-methyl/N-ethyl adjacent to an activating group) is 1. The van der Waals surface area contributed by atoms with Gasteiger partial charge >= 0.3 is 5.97 Å². The zero-order chi connectivity index (χ0) is 13.5. The van der Waals surface area contributed by atoms with Crippen molar-refractivity contribution in [3.63, 3.8) is 0 Å². The lowest BCUT2D eigenvalue weighted by Crippen LogP contribution is -2.28. The van der Waals surface area contributed by atoms with Crippen LogP contribution in [0.2, 0.25) is 0 Å².